The number of hydrogen-bond donors (Lipinski definition) is 1. The van der Waals surface area contributed by atoms with Crippen LogP contribution < -0.4 is 5.32 Å². The van der Waals surface area contributed by atoms with Crippen molar-refractivity contribution in [2.24, 2.45) is 0 Å². The molecule has 0 aliphatic carbocycles. The van der Waals surface area contributed by atoms with Gasteiger partial charge in [-0.3, -0.25) is 4.79 Å². The highest BCUT2D eigenvalue weighted by Gasteiger charge is 2.17. The fourth-order valence-corrected chi connectivity index (χ4v) is 3.54. The predicted octanol–water partition coefficient (Wildman–Crippen LogP) is 3.31. The van der Waals surface area contributed by atoms with Crippen LogP contribution in [0.25, 0.3) is 0 Å². The molecule has 0 saturated heterocycles. The molecular weight excluding hydrogens is 366 g/mol. The van der Waals surface area contributed by atoms with Crippen molar-refractivity contribution in [3.63, 3.8) is 0 Å². The van der Waals surface area contributed by atoms with Crippen LogP contribution in [0.1, 0.15) is 11.1 Å². The Kier molecular flexibility index (Phi) is 5.37. The first-order valence-electron chi connectivity index (χ1n) is 6.65. The lowest BCUT2D eigenvalue weighted by Crippen LogP contribution is -2.23. The largest absolute Gasteiger partial charge is 0.325 e. The van der Waals surface area contributed by atoms with Crippen LogP contribution in [0.3, 0.4) is 0 Å². The zero-order valence-electron chi connectivity index (χ0n) is 12.0. The van der Waals surface area contributed by atoms with E-state index in [4.69, 9.17) is 0 Å². The van der Waals surface area contributed by atoms with Gasteiger partial charge in [0.05, 0.1) is 5.75 Å². The fourth-order valence-electron chi connectivity index (χ4n) is 2.01. The molecule has 0 atom stereocenters. The van der Waals surface area contributed by atoms with Crippen molar-refractivity contribution in [2.75, 3.05) is 11.1 Å². The third-order valence-electron chi connectivity index (χ3n) is 2.95. The molecule has 1 N–H and O–H groups in total. The van der Waals surface area contributed by atoms with Crippen LogP contribution in [0.4, 0.5) is 5.69 Å². The summed E-state index contributed by atoms with van der Waals surface area (Å²) in [6, 6.07) is 14.2. The Morgan fingerprint density at radius 2 is 1.82 bits per heavy atom. The third-order valence-corrected chi connectivity index (χ3v) is 4.96. The predicted molar refractivity (Wildman–Crippen MR) is 91.4 cm³/mol. The van der Waals surface area contributed by atoms with E-state index in [1.807, 2.05) is 13.0 Å². The molecule has 2 rings (SSSR count). The summed E-state index contributed by atoms with van der Waals surface area (Å²) in [6.07, 6.45) is 0. The number of hydrogen-bond acceptors (Lipinski definition) is 3. The minimum absolute atomic E-state index is 0.151. The standard InChI is InChI=1S/C16H16BrNO3S/c1-12-3-2-4-15(9-12)18-16(19)11-22(20,21)10-13-5-7-14(17)8-6-13/h2-9H,10-11H2,1H3,(H,18,19). The van der Waals surface area contributed by atoms with E-state index in [0.717, 1.165) is 10.0 Å². The van der Waals surface area contributed by atoms with Gasteiger partial charge in [0.15, 0.2) is 9.84 Å². The van der Waals surface area contributed by atoms with E-state index in [9.17, 15) is 13.2 Å². The van der Waals surface area contributed by atoms with Crippen LogP contribution in [0.2, 0.25) is 0 Å². The van der Waals surface area contributed by atoms with E-state index in [1.165, 1.54) is 0 Å². The molecule has 0 aliphatic rings. The van der Waals surface area contributed by atoms with Gasteiger partial charge in [0.25, 0.3) is 0 Å². The number of nitrogens with one attached hydrogen (secondary N) is 1. The second-order valence-electron chi connectivity index (χ2n) is 5.08. The summed E-state index contributed by atoms with van der Waals surface area (Å²) in [5.74, 6) is -1.21. The summed E-state index contributed by atoms with van der Waals surface area (Å²) in [6.45, 7) is 1.90. The van der Waals surface area contributed by atoms with E-state index in [2.05, 4.69) is 21.2 Å². The zero-order chi connectivity index (χ0) is 16.2. The van der Waals surface area contributed by atoms with E-state index < -0.39 is 21.5 Å². The highest BCUT2D eigenvalue weighted by molar-refractivity contribution is 9.10. The Hall–Kier alpha value is -1.66. The van der Waals surface area contributed by atoms with Gasteiger partial charge in [-0.1, -0.05) is 40.2 Å². The van der Waals surface area contributed by atoms with E-state index in [-0.39, 0.29) is 5.75 Å². The van der Waals surface area contributed by atoms with Gasteiger partial charge in [-0.05, 0) is 42.3 Å². The number of anilines is 1. The van der Waals surface area contributed by atoms with Crippen LogP contribution in [-0.2, 0) is 20.4 Å². The van der Waals surface area contributed by atoms with Gasteiger partial charge in [-0.2, -0.15) is 0 Å². The van der Waals surface area contributed by atoms with Gasteiger partial charge in [-0.15, -0.1) is 0 Å². The van der Waals surface area contributed by atoms with Gasteiger partial charge < -0.3 is 5.32 Å². The van der Waals surface area contributed by atoms with Gasteiger partial charge >= 0.3 is 0 Å². The SMILES string of the molecule is Cc1cccc(NC(=O)CS(=O)(=O)Cc2ccc(Br)cc2)c1. The van der Waals surface area contributed by atoms with Crippen LogP contribution >= 0.6 is 15.9 Å². The average Bonchev–Trinajstić information content (AvgIpc) is 2.40. The van der Waals surface area contributed by atoms with E-state index in [0.29, 0.717) is 11.3 Å². The molecule has 4 nitrogen and oxygen atoms in total. The molecule has 22 heavy (non-hydrogen) atoms. The maximum Gasteiger partial charge on any atom is 0.239 e. The number of aryl methyl sites for hydroxylation is 1. The summed E-state index contributed by atoms with van der Waals surface area (Å²) in [5.41, 5.74) is 2.26. The van der Waals surface area contributed by atoms with Crippen molar-refractivity contribution in [3.05, 3.63) is 64.1 Å². The number of benzene rings is 2. The molecule has 6 heteroatoms. The Labute approximate surface area is 138 Å². The molecule has 0 aromatic heterocycles. The number of sulfone groups is 1. The van der Waals surface area contributed by atoms with Crippen LogP contribution in [0, 0.1) is 6.92 Å². The average molecular weight is 382 g/mol. The second kappa shape index (κ2) is 7.07. The molecule has 0 saturated carbocycles. The van der Waals surface area contributed by atoms with Gasteiger partial charge in [0.2, 0.25) is 5.91 Å². The lowest BCUT2D eigenvalue weighted by Gasteiger charge is -2.07. The van der Waals surface area contributed by atoms with Gasteiger partial charge in [-0.25, -0.2) is 8.42 Å². The van der Waals surface area contributed by atoms with Crippen molar-refractivity contribution in [2.45, 2.75) is 12.7 Å². The van der Waals surface area contributed by atoms with Gasteiger partial charge in [0.1, 0.15) is 5.75 Å². The van der Waals surface area contributed by atoms with Crippen LogP contribution in [-0.4, -0.2) is 20.1 Å². The molecule has 1 amide bonds. The molecular formula is C16H16BrNO3S. The molecule has 0 heterocycles. The highest BCUT2D eigenvalue weighted by Crippen LogP contribution is 2.14. The first kappa shape index (κ1) is 16.7. The number of carbonyl (C=O) groups is 1. The molecule has 0 spiro atoms. The second-order valence-corrected chi connectivity index (χ2v) is 8.06. The minimum Gasteiger partial charge on any atom is -0.325 e. The van der Waals surface area contributed by atoms with Crippen molar-refractivity contribution in [1.82, 2.24) is 0 Å². The Morgan fingerprint density at radius 3 is 2.45 bits per heavy atom. The number of amides is 1. The molecule has 0 bridgehead atoms. The number of rotatable bonds is 5. The topological polar surface area (TPSA) is 63.2 Å². The van der Waals surface area contributed by atoms with Crippen molar-refractivity contribution >= 4 is 37.4 Å². The molecule has 2 aromatic rings. The van der Waals surface area contributed by atoms with E-state index >= 15 is 0 Å². The zero-order valence-corrected chi connectivity index (χ0v) is 14.4. The molecule has 2 aromatic carbocycles. The maximum atomic E-state index is 12.1. The first-order chi connectivity index (χ1) is 10.3. The normalized spacial score (nSPS) is 11.2. The van der Waals surface area contributed by atoms with Crippen molar-refractivity contribution in [1.29, 1.82) is 0 Å². The maximum absolute atomic E-state index is 12.1. The molecule has 0 radical (unpaired) electrons. The fraction of sp³-hybridized carbons (Fsp3) is 0.188. The van der Waals surface area contributed by atoms with Crippen LogP contribution in [0.5, 0.6) is 0 Å². The minimum atomic E-state index is -3.50. The number of halogens is 1. The van der Waals surface area contributed by atoms with Crippen LogP contribution in [0.15, 0.2) is 53.0 Å². The van der Waals surface area contributed by atoms with E-state index in [1.54, 1.807) is 42.5 Å². The summed E-state index contributed by atoms with van der Waals surface area (Å²) in [5, 5.41) is 2.61. The lowest BCUT2D eigenvalue weighted by molar-refractivity contribution is -0.113. The van der Waals surface area contributed by atoms with Crippen molar-refractivity contribution < 1.29 is 13.2 Å². The first-order valence-corrected chi connectivity index (χ1v) is 9.27. The summed E-state index contributed by atoms with van der Waals surface area (Å²) in [7, 11) is -3.50. The molecule has 0 unspecified atom stereocenters. The summed E-state index contributed by atoms with van der Waals surface area (Å²) < 4.78 is 25.0. The quantitative estimate of drug-likeness (QED) is 0.863. The Bertz CT molecular complexity index is 770. The lowest BCUT2D eigenvalue weighted by atomic mass is 10.2. The Balaban J connectivity index is 1.99. The van der Waals surface area contributed by atoms with Crippen molar-refractivity contribution in [3.8, 4) is 0 Å². The molecule has 0 fully saturated rings. The van der Waals surface area contributed by atoms with Gasteiger partial charge in [0, 0.05) is 10.2 Å². The highest BCUT2D eigenvalue weighted by atomic mass is 79.9. The Morgan fingerprint density at radius 1 is 1.14 bits per heavy atom. The number of carbonyl (C=O) groups excluding carboxylic acids is 1. The summed E-state index contributed by atoms with van der Waals surface area (Å²) in [4.78, 5) is 11.9. The smallest absolute Gasteiger partial charge is 0.239 e. The molecule has 0 aliphatic heterocycles. The third kappa shape index (κ3) is 5.27. The summed E-state index contributed by atoms with van der Waals surface area (Å²) >= 11 is 3.29. The monoisotopic (exact) mass is 381 g/mol. The molecule has 116 valence electrons.